The van der Waals surface area contributed by atoms with E-state index in [2.05, 4.69) is 0 Å². The first kappa shape index (κ1) is 35.7. The summed E-state index contributed by atoms with van der Waals surface area (Å²) in [6.45, 7) is 6.81. The molecule has 6 atom stereocenters. The van der Waals surface area contributed by atoms with E-state index in [1.54, 1.807) is 39.0 Å². The highest BCUT2D eigenvalue weighted by molar-refractivity contribution is 5.89. The van der Waals surface area contributed by atoms with Crippen molar-refractivity contribution in [2.45, 2.75) is 116 Å². The van der Waals surface area contributed by atoms with Crippen molar-refractivity contribution in [2.75, 3.05) is 13.7 Å². The highest BCUT2D eigenvalue weighted by Crippen LogP contribution is 2.52. The maximum atomic E-state index is 14.8. The van der Waals surface area contributed by atoms with Gasteiger partial charge < -0.3 is 24.2 Å². The molecule has 1 aromatic heterocycles. The topological polar surface area (TPSA) is 128 Å². The quantitative estimate of drug-likeness (QED) is 0.361. The molecule has 2 bridgehead atoms. The van der Waals surface area contributed by atoms with E-state index in [1.165, 1.54) is 12.0 Å². The first-order chi connectivity index (χ1) is 22.6. The van der Waals surface area contributed by atoms with E-state index in [0.29, 0.717) is 54.6 Å². The Morgan fingerprint density at radius 1 is 1.08 bits per heavy atom. The number of alkyl halides is 3. The fourth-order valence-electron chi connectivity index (χ4n) is 7.84. The summed E-state index contributed by atoms with van der Waals surface area (Å²) in [4.78, 5) is 51.3. The number of carbonyl (C=O) groups excluding carboxylic acids is 2. The van der Waals surface area contributed by atoms with E-state index in [-0.39, 0.29) is 38.1 Å². The van der Waals surface area contributed by atoms with Crippen LogP contribution in [-0.2, 0) is 25.5 Å². The number of fused-ring (bicyclic) bond motifs is 5. The SMILES string of the molecule is CC[C@@H]1[C@@H]2CN(C(=O)[C@H](C(C)(C)C)CC(=O)OC3(C(F)(F)F)CCC[C@H]3CCCCCc3nc4ccc(OC)cc4nc3O2)[C@@H]1C(=O)O. The molecule has 0 radical (unpaired) electrons. The highest BCUT2D eigenvalue weighted by atomic mass is 19.4. The minimum Gasteiger partial charge on any atom is -0.497 e. The number of aryl methyl sites for hydroxylation is 1. The lowest BCUT2D eigenvalue weighted by Crippen LogP contribution is -2.53. The third kappa shape index (κ3) is 6.92. The van der Waals surface area contributed by atoms with Crippen LogP contribution < -0.4 is 9.47 Å². The number of ether oxygens (including phenoxy) is 3. The zero-order valence-electron chi connectivity index (χ0n) is 28.3. The van der Waals surface area contributed by atoms with Crippen molar-refractivity contribution < 1.29 is 46.9 Å². The van der Waals surface area contributed by atoms with Gasteiger partial charge in [-0.2, -0.15) is 13.2 Å². The van der Waals surface area contributed by atoms with Crippen LogP contribution >= 0.6 is 0 Å². The predicted octanol–water partition coefficient (Wildman–Crippen LogP) is 6.52. The molecule has 1 unspecified atom stereocenters. The van der Waals surface area contributed by atoms with Gasteiger partial charge in [0.2, 0.25) is 17.4 Å². The Morgan fingerprint density at radius 3 is 2.46 bits per heavy atom. The summed E-state index contributed by atoms with van der Waals surface area (Å²) in [7, 11) is 1.54. The number of carboxylic acid groups (broad SMARTS) is 1. The van der Waals surface area contributed by atoms with Gasteiger partial charge in [-0.3, -0.25) is 9.59 Å². The Balaban J connectivity index is 1.59. The van der Waals surface area contributed by atoms with Crippen LogP contribution in [0, 0.1) is 23.2 Å². The molecule has 1 aromatic carbocycles. The number of nitrogens with zero attached hydrogens (tertiary/aromatic N) is 3. The molecule has 1 N–H and O–H groups in total. The number of methoxy groups -OCH3 is 1. The van der Waals surface area contributed by atoms with E-state index >= 15 is 0 Å². The van der Waals surface area contributed by atoms with Gasteiger partial charge in [0.05, 0.1) is 37.0 Å². The summed E-state index contributed by atoms with van der Waals surface area (Å²) in [5.41, 5.74) is -1.86. The van der Waals surface area contributed by atoms with Gasteiger partial charge in [-0.15, -0.1) is 0 Å². The van der Waals surface area contributed by atoms with Crippen molar-refractivity contribution in [3.8, 4) is 11.6 Å². The van der Waals surface area contributed by atoms with Crippen molar-refractivity contribution in [3.05, 3.63) is 23.9 Å². The molecule has 13 heteroatoms. The van der Waals surface area contributed by atoms with Gasteiger partial charge in [0, 0.05) is 17.9 Å². The summed E-state index contributed by atoms with van der Waals surface area (Å²) in [6.07, 6.45) is -3.24. The number of aromatic nitrogens is 2. The van der Waals surface area contributed by atoms with Gasteiger partial charge in [0.1, 0.15) is 23.6 Å². The minimum absolute atomic E-state index is 0.109. The number of hydrogen-bond acceptors (Lipinski definition) is 8. The maximum Gasteiger partial charge on any atom is 0.428 e. The number of amides is 1. The zero-order valence-corrected chi connectivity index (χ0v) is 28.3. The Labute approximate surface area is 278 Å². The van der Waals surface area contributed by atoms with Gasteiger partial charge in [0.15, 0.2) is 0 Å². The van der Waals surface area contributed by atoms with Crippen LogP contribution in [0.2, 0.25) is 0 Å². The van der Waals surface area contributed by atoms with Gasteiger partial charge in [0.25, 0.3) is 0 Å². The number of benzene rings is 1. The second-order valence-corrected chi connectivity index (χ2v) is 14.5. The summed E-state index contributed by atoms with van der Waals surface area (Å²) in [5.74, 6) is -4.87. The summed E-state index contributed by atoms with van der Waals surface area (Å²) in [6, 6.07) is 3.99. The summed E-state index contributed by atoms with van der Waals surface area (Å²) >= 11 is 0. The molecule has 1 saturated carbocycles. The highest BCUT2D eigenvalue weighted by Gasteiger charge is 2.64. The number of halogens is 3. The smallest absolute Gasteiger partial charge is 0.428 e. The second-order valence-electron chi connectivity index (χ2n) is 14.5. The lowest BCUT2D eigenvalue weighted by molar-refractivity contribution is -0.282. The molecule has 0 spiro atoms. The summed E-state index contributed by atoms with van der Waals surface area (Å²) < 4.78 is 61.7. The molecule has 1 aliphatic carbocycles. The standard InChI is InChI=1S/C35H46F3N3O7/c1-6-22-27-19-41(29(22)32(44)45)31(43)23(33(2,3)4)18-28(42)48-34(35(36,37)38)16-10-12-20(34)11-8-7-9-13-25-30(47-27)40-26-17-21(46-5)14-15-24(26)39-25/h14-15,17,20,22-23,27,29H,6-13,16,18-19H2,1-5H3,(H,44,45)/t20-,22-,23-,27+,29+,34?/m1/s1. The van der Waals surface area contributed by atoms with E-state index in [1.807, 2.05) is 6.92 Å². The van der Waals surface area contributed by atoms with Crippen molar-refractivity contribution >= 4 is 28.9 Å². The van der Waals surface area contributed by atoms with Crippen molar-refractivity contribution in [3.63, 3.8) is 0 Å². The average Bonchev–Trinajstić information content (AvgIpc) is 3.59. The van der Waals surface area contributed by atoms with E-state index in [4.69, 9.17) is 24.2 Å². The molecule has 264 valence electrons. The molecule has 1 amide bonds. The lowest BCUT2D eigenvalue weighted by Gasteiger charge is -2.38. The van der Waals surface area contributed by atoms with E-state index < -0.39 is 71.4 Å². The van der Waals surface area contributed by atoms with Crippen LogP contribution in [0.1, 0.15) is 91.2 Å². The molecule has 5 rings (SSSR count). The predicted molar refractivity (Wildman–Crippen MR) is 169 cm³/mol. The first-order valence-corrected chi connectivity index (χ1v) is 16.9. The molecular formula is C35H46F3N3O7. The first-order valence-electron chi connectivity index (χ1n) is 16.9. The number of aliphatic carboxylic acids is 1. The Morgan fingerprint density at radius 2 is 1.81 bits per heavy atom. The number of carboxylic acids is 1. The van der Waals surface area contributed by atoms with E-state index in [9.17, 15) is 32.7 Å². The Bertz CT molecular complexity index is 1530. The third-order valence-corrected chi connectivity index (χ3v) is 10.5. The van der Waals surface area contributed by atoms with Crippen LogP contribution in [0.15, 0.2) is 18.2 Å². The zero-order chi connectivity index (χ0) is 35.0. The molecule has 2 fully saturated rings. The monoisotopic (exact) mass is 677 g/mol. The van der Waals surface area contributed by atoms with E-state index in [0.717, 1.165) is 0 Å². The fourth-order valence-corrected chi connectivity index (χ4v) is 7.84. The van der Waals surface area contributed by atoms with Crippen LogP contribution in [0.3, 0.4) is 0 Å². The van der Waals surface area contributed by atoms with Crippen LogP contribution in [0.4, 0.5) is 13.2 Å². The van der Waals surface area contributed by atoms with Gasteiger partial charge >= 0.3 is 18.1 Å². The minimum atomic E-state index is -4.79. The number of carbonyl (C=O) groups is 3. The molecule has 2 aromatic rings. The molecule has 1 saturated heterocycles. The van der Waals surface area contributed by atoms with Crippen molar-refractivity contribution in [2.24, 2.45) is 23.2 Å². The molecule has 3 heterocycles. The Hall–Kier alpha value is -3.64. The van der Waals surface area contributed by atoms with Crippen molar-refractivity contribution in [1.29, 1.82) is 0 Å². The van der Waals surface area contributed by atoms with Crippen LogP contribution in [0.25, 0.3) is 11.0 Å². The molecular weight excluding hydrogens is 631 g/mol. The average molecular weight is 678 g/mol. The summed E-state index contributed by atoms with van der Waals surface area (Å²) in [5, 5.41) is 10.4. The third-order valence-electron chi connectivity index (χ3n) is 10.5. The van der Waals surface area contributed by atoms with Gasteiger partial charge in [-0.1, -0.05) is 40.5 Å². The van der Waals surface area contributed by atoms with Gasteiger partial charge in [-0.25, -0.2) is 14.8 Å². The number of rotatable bonds is 3. The number of esters is 1. The van der Waals surface area contributed by atoms with Crippen LogP contribution in [-0.4, -0.2) is 75.4 Å². The van der Waals surface area contributed by atoms with Gasteiger partial charge in [-0.05, 0) is 62.5 Å². The molecule has 3 aliphatic rings. The second kappa shape index (κ2) is 13.7. The molecule has 2 aliphatic heterocycles. The Kier molecular flexibility index (Phi) is 10.2. The maximum absolute atomic E-state index is 14.8. The lowest BCUT2D eigenvalue weighted by atomic mass is 9.77. The molecule has 48 heavy (non-hydrogen) atoms. The largest absolute Gasteiger partial charge is 0.497 e. The normalized spacial score (nSPS) is 29.3. The van der Waals surface area contributed by atoms with Crippen LogP contribution in [0.5, 0.6) is 11.6 Å². The molecule has 10 nitrogen and oxygen atoms in total. The fraction of sp³-hybridized carbons (Fsp3) is 0.686. The van der Waals surface area contributed by atoms with Crippen molar-refractivity contribution in [1.82, 2.24) is 14.9 Å². The number of hydrogen-bond donors (Lipinski definition) is 1.